The van der Waals surface area contributed by atoms with Gasteiger partial charge in [0.25, 0.3) is 0 Å². The fourth-order valence-corrected chi connectivity index (χ4v) is 2.67. The summed E-state index contributed by atoms with van der Waals surface area (Å²) in [5.74, 6) is 1.72. The SMILES string of the molecule is COc1ccc(C(C)N2CCC(N)CC2)c(OC)c1. The number of nitrogens with zero attached hydrogens (tertiary/aromatic N) is 1. The van der Waals surface area contributed by atoms with Gasteiger partial charge in [0.2, 0.25) is 0 Å². The third-order valence-electron chi connectivity index (χ3n) is 4.01. The molecule has 1 atom stereocenters. The van der Waals surface area contributed by atoms with Crippen LogP contribution >= 0.6 is 0 Å². The van der Waals surface area contributed by atoms with Crippen molar-refractivity contribution in [3.8, 4) is 11.5 Å². The van der Waals surface area contributed by atoms with E-state index in [0.29, 0.717) is 12.1 Å². The first kappa shape index (κ1) is 14.2. The fraction of sp³-hybridized carbons (Fsp3) is 0.600. The van der Waals surface area contributed by atoms with Crippen LogP contribution in [0.5, 0.6) is 11.5 Å². The number of likely N-dealkylation sites (tertiary alicyclic amines) is 1. The van der Waals surface area contributed by atoms with E-state index >= 15 is 0 Å². The lowest BCUT2D eigenvalue weighted by atomic mass is 10.00. The maximum absolute atomic E-state index is 5.96. The highest BCUT2D eigenvalue weighted by Gasteiger charge is 2.23. The third kappa shape index (κ3) is 3.19. The summed E-state index contributed by atoms with van der Waals surface area (Å²) in [4.78, 5) is 2.47. The molecule has 1 aromatic rings. The Hall–Kier alpha value is -1.26. The lowest BCUT2D eigenvalue weighted by Crippen LogP contribution is -2.40. The zero-order valence-electron chi connectivity index (χ0n) is 12.1. The average molecular weight is 264 g/mol. The first-order valence-electron chi connectivity index (χ1n) is 6.87. The quantitative estimate of drug-likeness (QED) is 0.905. The molecule has 19 heavy (non-hydrogen) atoms. The number of benzene rings is 1. The molecule has 4 heteroatoms. The van der Waals surface area contributed by atoms with Crippen molar-refractivity contribution in [1.29, 1.82) is 0 Å². The highest BCUT2D eigenvalue weighted by molar-refractivity contribution is 5.42. The number of nitrogens with two attached hydrogens (primary N) is 1. The molecule has 1 saturated heterocycles. The minimum atomic E-state index is 0.341. The molecular formula is C15H24N2O2. The molecule has 0 aliphatic carbocycles. The van der Waals surface area contributed by atoms with Gasteiger partial charge in [-0.3, -0.25) is 4.90 Å². The molecule has 0 aromatic heterocycles. The summed E-state index contributed by atoms with van der Waals surface area (Å²) in [6.45, 7) is 4.33. The van der Waals surface area contributed by atoms with E-state index in [0.717, 1.165) is 37.4 Å². The number of rotatable bonds is 4. The Bertz CT molecular complexity index is 415. The monoisotopic (exact) mass is 264 g/mol. The molecule has 1 heterocycles. The highest BCUT2D eigenvalue weighted by atomic mass is 16.5. The minimum absolute atomic E-state index is 0.341. The van der Waals surface area contributed by atoms with Crippen LogP contribution in [0.15, 0.2) is 18.2 Å². The summed E-state index contributed by atoms with van der Waals surface area (Å²) < 4.78 is 10.7. The van der Waals surface area contributed by atoms with E-state index in [1.165, 1.54) is 5.56 Å². The van der Waals surface area contributed by atoms with Crippen LogP contribution in [0, 0.1) is 0 Å². The summed E-state index contributed by atoms with van der Waals surface area (Å²) in [5, 5.41) is 0. The predicted octanol–water partition coefficient (Wildman–Crippen LogP) is 2.19. The van der Waals surface area contributed by atoms with Crippen LogP contribution in [0.2, 0.25) is 0 Å². The van der Waals surface area contributed by atoms with Gasteiger partial charge in [-0.25, -0.2) is 0 Å². The van der Waals surface area contributed by atoms with Crippen molar-refractivity contribution >= 4 is 0 Å². The normalized spacial score (nSPS) is 19.2. The smallest absolute Gasteiger partial charge is 0.127 e. The van der Waals surface area contributed by atoms with Crippen molar-refractivity contribution in [2.45, 2.75) is 31.8 Å². The van der Waals surface area contributed by atoms with Gasteiger partial charge < -0.3 is 15.2 Å². The van der Waals surface area contributed by atoms with E-state index in [9.17, 15) is 0 Å². The van der Waals surface area contributed by atoms with E-state index < -0.39 is 0 Å². The van der Waals surface area contributed by atoms with Crippen LogP contribution < -0.4 is 15.2 Å². The Labute approximate surface area is 115 Å². The first-order chi connectivity index (χ1) is 9.15. The Kier molecular flexibility index (Phi) is 4.66. The Morgan fingerprint density at radius 1 is 1.21 bits per heavy atom. The minimum Gasteiger partial charge on any atom is -0.497 e. The number of piperidine rings is 1. The third-order valence-corrected chi connectivity index (χ3v) is 4.01. The van der Waals surface area contributed by atoms with Crippen LogP contribution in [-0.2, 0) is 0 Å². The van der Waals surface area contributed by atoms with Crippen LogP contribution in [0.4, 0.5) is 0 Å². The number of hydrogen-bond acceptors (Lipinski definition) is 4. The molecule has 1 unspecified atom stereocenters. The molecule has 1 fully saturated rings. The molecule has 0 bridgehead atoms. The van der Waals surface area contributed by atoms with Crippen LogP contribution in [0.25, 0.3) is 0 Å². The van der Waals surface area contributed by atoms with Crippen molar-refractivity contribution in [1.82, 2.24) is 4.90 Å². The fourth-order valence-electron chi connectivity index (χ4n) is 2.67. The standard InChI is InChI=1S/C15H24N2O2/c1-11(17-8-6-12(16)7-9-17)14-5-4-13(18-2)10-15(14)19-3/h4-5,10-12H,6-9,16H2,1-3H3. The molecule has 1 aliphatic heterocycles. The van der Waals surface area contributed by atoms with Crippen LogP contribution in [-0.4, -0.2) is 38.3 Å². The Morgan fingerprint density at radius 2 is 1.89 bits per heavy atom. The number of hydrogen-bond donors (Lipinski definition) is 1. The van der Waals surface area contributed by atoms with Gasteiger partial charge in [-0.2, -0.15) is 0 Å². The van der Waals surface area contributed by atoms with E-state index in [1.807, 2.05) is 12.1 Å². The number of ether oxygens (including phenoxy) is 2. The van der Waals surface area contributed by atoms with Gasteiger partial charge in [-0.1, -0.05) is 6.07 Å². The molecule has 0 amide bonds. The molecule has 2 rings (SSSR count). The molecule has 1 aliphatic rings. The maximum Gasteiger partial charge on any atom is 0.127 e. The largest absolute Gasteiger partial charge is 0.497 e. The van der Waals surface area contributed by atoms with Crippen molar-refractivity contribution < 1.29 is 9.47 Å². The van der Waals surface area contributed by atoms with Crippen molar-refractivity contribution in [2.24, 2.45) is 5.73 Å². The molecule has 106 valence electrons. The van der Waals surface area contributed by atoms with E-state index in [4.69, 9.17) is 15.2 Å². The van der Waals surface area contributed by atoms with Gasteiger partial charge in [0, 0.05) is 36.8 Å². The molecule has 1 aromatic carbocycles. The van der Waals surface area contributed by atoms with Crippen LogP contribution in [0.3, 0.4) is 0 Å². The second-order valence-electron chi connectivity index (χ2n) is 5.16. The van der Waals surface area contributed by atoms with E-state index in [-0.39, 0.29) is 0 Å². The molecule has 2 N–H and O–H groups in total. The first-order valence-corrected chi connectivity index (χ1v) is 6.87. The van der Waals surface area contributed by atoms with Gasteiger partial charge in [-0.15, -0.1) is 0 Å². The maximum atomic E-state index is 5.96. The Morgan fingerprint density at radius 3 is 2.47 bits per heavy atom. The molecule has 0 spiro atoms. The number of methoxy groups -OCH3 is 2. The highest BCUT2D eigenvalue weighted by Crippen LogP contribution is 2.33. The lowest BCUT2D eigenvalue weighted by Gasteiger charge is -2.35. The summed E-state index contributed by atoms with van der Waals surface area (Å²) in [7, 11) is 3.38. The zero-order chi connectivity index (χ0) is 13.8. The summed E-state index contributed by atoms with van der Waals surface area (Å²) >= 11 is 0. The average Bonchev–Trinajstić information content (AvgIpc) is 2.46. The van der Waals surface area contributed by atoms with Crippen LogP contribution in [0.1, 0.15) is 31.4 Å². The topological polar surface area (TPSA) is 47.7 Å². The van der Waals surface area contributed by atoms with Gasteiger partial charge in [0.1, 0.15) is 11.5 Å². The summed E-state index contributed by atoms with van der Waals surface area (Å²) in [6, 6.07) is 6.73. The van der Waals surface area contributed by atoms with Gasteiger partial charge in [0.05, 0.1) is 14.2 Å². The second-order valence-corrected chi connectivity index (χ2v) is 5.16. The van der Waals surface area contributed by atoms with E-state index in [1.54, 1.807) is 14.2 Å². The predicted molar refractivity (Wildman–Crippen MR) is 76.7 cm³/mol. The molecule has 4 nitrogen and oxygen atoms in total. The van der Waals surface area contributed by atoms with E-state index in [2.05, 4.69) is 17.9 Å². The van der Waals surface area contributed by atoms with Crippen molar-refractivity contribution in [2.75, 3.05) is 27.3 Å². The molecular weight excluding hydrogens is 240 g/mol. The lowest BCUT2D eigenvalue weighted by molar-refractivity contribution is 0.161. The van der Waals surface area contributed by atoms with Gasteiger partial charge >= 0.3 is 0 Å². The van der Waals surface area contributed by atoms with Crippen molar-refractivity contribution in [3.05, 3.63) is 23.8 Å². The summed E-state index contributed by atoms with van der Waals surface area (Å²) in [5.41, 5.74) is 7.17. The van der Waals surface area contributed by atoms with Gasteiger partial charge in [0.15, 0.2) is 0 Å². The second kappa shape index (κ2) is 6.26. The van der Waals surface area contributed by atoms with Gasteiger partial charge in [-0.05, 0) is 25.8 Å². The molecule has 0 saturated carbocycles. The Balaban J connectivity index is 2.16. The summed E-state index contributed by atoms with van der Waals surface area (Å²) in [6.07, 6.45) is 2.14. The molecule has 0 radical (unpaired) electrons. The zero-order valence-corrected chi connectivity index (χ0v) is 12.1. The van der Waals surface area contributed by atoms with Crippen molar-refractivity contribution in [3.63, 3.8) is 0 Å².